The summed E-state index contributed by atoms with van der Waals surface area (Å²) in [6, 6.07) is 1.69. The van der Waals surface area contributed by atoms with Crippen LogP contribution in [0.25, 0.3) is 6.08 Å². The Morgan fingerprint density at radius 2 is 2.00 bits per heavy atom. The van der Waals surface area contributed by atoms with Gasteiger partial charge < -0.3 is 9.84 Å². The third-order valence-electron chi connectivity index (χ3n) is 2.44. The van der Waals surface area contributed by atoms with E-state index >= 15 is 0 Å². The van der Waals surface area contributed by atoms with Crippen molar-refractivity contribution in [3.05, 3.63) is 34.1 Å². The predicted molar refractivity (Wildman–Crippen MR) is 57.5 cm³/mol. The first-order chi connectivity index (χ1) is 8.70. The SMILES string of the molecule is O=C(O)C1=Cc2cc(Cl)c(F)cc2OC1C(F)(F)F. The lowest BCUT2D eigenvalue weighted by Crippen LogP contribution is -2.40. The van der Waals surface area contributed by atoms with Gasteiger partial charge >= 0.3 is 12.1 Å². The Hall–Kier alpha value is -1.76. The first-order valence-corrected chi connectivity index (χ1v) is 5.25. The van der Waals surface area contributed by atoms with E-state index in [1.807, 2.05) is 0 Å². The molecule has 1 aliphatic heterocycles. The summed E-state index contributed by atoms with van der Waals surface area (Å²) in [5.41, 5.74) is -1.01. The van der Waals surface area contributed by atoms with Crippen molar-refractivity contribution < 1.29 is 32.2 Å². The number of rotatable bonds is 1. The van der Waals surface area contributed by atoms with Crippen molar-refractivity contribution in [3.8, 4) is 5.75 Å². The number of benzene rings is 1. The monoisotopic (exact) mass is 296 g/mol. The molecule has 0 radical (unpaired) electrons. The maximum atomic E-state index is 13.2. The van der Waals surface area contributed by atoms with E-state index in [-0.39, 0.29) is 10.6 Å². The largest absolute Gasteiger partial charge is 0.478 e. The van der Waals surface area contributed by atoms with Crippen molar-refractivity contribution in [1.29, 1.82) is 0 Å². The summed E-state index contributed by atoms with van der Waals surface area (Å²) in [5.74, 6) is -3.13. The average molecular weight is 297 g/mol. The zero-order chi connectivity index (χ0) is 14.4. The first kappa shape index (κ1) is 13.7. The summed E-state index contributed by atoms with van der Waals surface area (Å²) in [5, 5.41) is 8.43. The molecule has 8 heteroatoms. The van der Waals surface area contributed by atoms with E-state index in [2.05, 4.69) is 4.74 Å². The molecule has 1 aromatic carbocycles. The second-order valence-corrected chi connectivity index (χ2v) is 4.16. The van der Waals surface area contributed by atoms with Crippen LogP contribution in [0.1, 0.15) is 5.56 Å². The minimum absolute atomic E-state index is 0.0238. The minimum atomic E-state index is -4.92. The number of carbonyl (C=O) groups is 1. The van der Waals surface area contributed by atoms with Crippen LogP contribution in [0.15, 0.2) is 17.7 Å². The number of carboxylic acid groups (broad SMARTS) is 1. The number of aliphatic carboxylic acids is 1. The van der Waals surface area contributed by atoms with Gasteiger partial charge in [-0.3, -0.25) is 0 Å². The maximum Gasteiger partial charge on any atom is 0.430 e. The second kappa shape index (κ2) is 4.41. The van der Waals surface area contributed by atoms with Crippen LogP contribution in [-0.2, 0) is 4.79 Å². The molecule has 102 valence electrons. The number of halogens is 5. The summed E-state index contributed by atoms with van der Waals surface area (Å²) < 4.78 is 55.7. The Morgan fingerprint density at radius 1 is 1.37 bits per heavy atom. The lowest BCUT2D eigenvalue weighted by Gasteiger charge is -2.27. The zero-order valence-electron chi connectivity index (χ0n) is 8.96. The van der Waals surface area contributed by atoms with Crippen LogP contribution in [0.2, 0.25) is 5.02 Å². The predicted octanol–water partition coefficient (Wildman–Crippen LogP) is 3.27. The highest BCUT2D eigenvalue weighted by Gasteiger charge is 2.48. The molecule has 0 amide bonds. The number of hydrogen-bond donors (Lipinski definition) is 1. The fourth-order valence-corrected chi connectivity index (χ4v) is 1.78. The molecule has 1 N–H and O–H groups in total. The Labute approximate surface area is 109 Å². The second-order valence-electron chi connectivity index (χ2n) is 3.75. The maximum absolute atomic E-state index is 13.2. The lowest BCUT2D eigenvalue weighted by molar-refractivity contribution is -0.187. The van der Waals surface area contributed by atoms with E-state index in [1.165, 1.54) is 0 Å². The number of fused-ring (bicyclic) bond motifs is 1. The van der Waals surface area contributed by atoms with Crippen LogP contribution in [-0.4, -0.2) is 23.4 Å². The number of ether oxygens (including phenoxy) is 1. The standard InChI is InChI=1S/C11H5ClF4O3/c12-6-2-4-1-5(10(17)18)9(11(14,15)16)19-8(4)3-7(6)13/h1-3,9H,(H,17,18). The van der Waals surface area contributed by atoms with Gasteiger partial charge in [-0.1, -0.05) is 11.6 Å². The van der Waals surface area contributed by atoms with Crippen molar-refractivity contribution in [2.45, 2.75) is 12.3 Å². The fraction of sp³-hybridized carbons (Fsp3) is 0.182. The van der Waals surface area contributed by atoms with Crippen molar-refractivity contribution in [3.63, 3.8) is 0 Å². The molecule has 0 bridgehead atoms. The van der Waals surface area contributed by atoms with E-state index in [4.69, 9.17) is 16.7 Å². The molecule has 0 saturated heterocycles. The molecule has 0 aliphatic carbocycles. The van der Waals surface area contributed by atoms with E-state index in [0.717, 1.165) is 12.1 Å². The van der Waals surface area contributed by atoms with E-state index in [1.54, 1.807) is 0 Å². The van der Waals surface area contributed by atoms with Gasteiger partial charge in [0.15, 0.2) is 0 Å². The van der Waals surface area contributed by atoms with Gasteiger partial charge in [0.1, 0.15) is 11.6 Å². The van der Waals surface area contributed by atoms with Crippen LogP contribution < -0.4 is 4.74 Å². The summed E-state index contributed by atoms with van der Waals surface area (Å²) in [6.07, 6.45) is -6.79. The molecule has 1 atom stereocenters. The first-order valence-electron chi connectivity index (χ1n) is 4.87. The molecule has 1 heterocycles. The molecule has 3 nitrogen and oxygen atoms in total. The number of alkyl halides is 3. The van der Waals surface area contributed by atoms with Gasteiger partial charge in [0.05, 0.1) is 10.6 Å². The third kappa shape index (κ3) is 2.51. The van der Waals surface area contributed by atoms with E-state index in [0.29, 0.717) is 6.07 Å². The van der Waals surface area contributed by atoms with Crippen LogP contribution in [0.5, 0.6) is 5.75 Å². The molecule has 0 spiro atoms. The normalized spacial score (nSPS) is 18.4. The zero-order valence-corrected chi connectivity index (χ0v) is 9.72. The molecular formula is C11H5ClF4O3. The Morgan fingerprint density at radius 3 is 2.53 bits per heavy atom. The molecule has 0 saturated carbocycles. The molecule has 2 rings (SSSR count). The summed E-state index contributed by atoms with van der Waals surface area (Å²) in [6.45, 7) is 0. The minimum Gasteiger partial charge on any atom is -0.478 e. The quantitative estimate of drug-likeness (QED) is 0.809. The van der Waals surface area contributed by atoms with Gasteiger partial charge in [0, 0.05) is 11.6 Å². The highest BCUT2D eigenvalue weighted by molar-refractivity contribution is 6.31. The molecule has 1 aliphatic rings. The molecule has 1 aromatic rings. The Balaban J connectivity index is 2.57. The van der Waals surface area contributed by atoms with Gasteiger partial charge in [0.25, 0.3) is 0 Å². The molecular weight excluding hydrogens is 292 g/mol. The fourth-order valence-electron chi connectivity index (χ4n) is 1.61. The van der Waals surface area contributed by atoms with Gasteiger partial charge in [0.2, 0.25) is 6.10 Å². The number of carboxylic acids is 1. The van der Waals surface area contributed by atoms with Crippen LogP contribution >= 0.6 is 11.6 Å². The van der Waals surface area contributed by atoms with Crippen molar-refractivity contribution in [2.24, 2.45) is 0 Å². The summed E-state index contributed by atoms with van der Waals surface area (Å²) >= 11 is 5.47. The van der Waals surface area contributed by atoms with Gasteiger partial charge in [-0.05, 0) is 12.1 Å². The lowest BCUT2D eigenvalue weighted by atomic mass is 10.0. The highest BCUT2D eigenvalue weighted by Crippen LogP contribution is 2.38. The van der Waals surface area contributed by atoms with Crippen molar-refractivity contribution in [2.75, 3.05) is 0 Å². The highest BCUT2D eigenvalue weighted by atomic mass is 35.5. The smallest absolute Gasteiger partial charge is 0.430 e. The molecule has 1 unspecified atom stereocenters. The average Bonchev–Trinajstić information content (AvgIpc) is 2.27. The Kier molecular flexibility index (Phi) is 3.17. The third-order valence-corrected chi connectivity index (χ3v) is 2.72. The van der Waals surface area contributed by atoms with E-state index in [9.17, 15) is 22.4 Å². The van der Waals surface area contributed by atoms with Crippen LogP contribution in [0, 0.1) is 5.82 Å². The number of hydrogen-bond acceptors (Lipinski definition) is 2. The van der Waals surface area contributed by atoms with Crippen LogP contribution in [0.4, 0.5) is 17.6 Å². The summed E-state index contributed by atoms with van der Waals surface area (Å²) in [7, 11) is 0. The Bertz CT molecular complexity index is 580. The van der Waals surface area contributed by atoms with Gasteiger partial charge in [-0.25, -0.2) is 9.18 Å². The van der Waals surface area contributed by atoms with E-state index < -0.39 is 35.4 Å². The molecule has 0 aromatic heterocycles. The van der Waals surface area contributed by atoms with Crippen molar-refractivity contribution in [1.82, 2.24) is 0 Å². The van der Waals surface area contributed by atoms with Crippen LogP contribution in [0.3, 0.4) is 0 Å². The van der Waals surface area contributed by atoms with Gasteiger partial charge in [-0.2, -0.15) is 13.2 Å². The van der Waals surface area contributed by atoms with Gasteiger partial charge in [-0.15, -0.1) is 0 Å². The summed E-state index contributed by atoms with van der Waals surface area (Å²) in [4.78, 5) is 10.8. The van der Waals surface area contributed by atoms with Crippen molar-refractivity contribution >= 4 is 23.6 Å². The molecule has 19 heavy (non-hydrogen) atoms. The molecule has 0 fully saturated rings. The topological polar surface area (TPSA) is 46.5 Å².